The number of nitrogens with one attached hydrogen (secondary N) is 2. The second-order valence-corrected chi connectivity index (χ2v) is 9.59. The van der Waals surface area contributed by atoms with Gasteiger partial charge in [0.1, 0.15) is 0 Å². The number of rotatable bonds is 6. The lowest BCUT2D eigenvalue weighted by atomic mass is 9.93. The minimum absolute atomic E-state index is 0. The van der Waals surface area contributed by atoms with Crippen molar-refractivity contribution in [3.05, 3.63) is 0 Å². The molecule has 0 aromatic rings. The second-order valence-electron chi connectivity index (χ2n) is 7.61. The molecule has 0 saturated carbocycles. The van der Waals surface area contributed by atoms with Crippen molar-refractivity contribution in [2.45, 2.75) is 39.0 Å². The van der Waals surface area contributed by atoms with Crippen LogP contribution in [0.15, 0.2) is 4.99 Å². The fourth-order valence-electron chi connectivity index (χ4n) is 3.78. The number of hydrogen-bond acceptors (Lipinski definition) is 4. The third-order valence-electron chi connectivity index (χ3n) is 5.54. The summed E-state index contributed by atoms with van der Waals surface area (Å²) in [6.45, 7) is 6.65. The molecule has 0 unspecified atom stereocenters. The summed E-state index contributed by atoms with van der Waals surface area (Å²) < 4.78 is 24.8. The third kappa shape index (κ3) is 8.02. The minimum atomic E-state index is -3.07. The molecule has 0 radical (unpaired) electrons. The molecule has 0 aliphatic carbocycles. The van der Waals surface area contributed by atoms with Crippen LogP contribution in [0, 0.1) is 11.8 Å². The number of nitrogens with zero attached hydrogens (tertiary/aromatic N) is 3. The summed E-state index contributed by atoms with van der Waals surface area (Å²) in [5.41, 5.74) is 0. The van der Waals surface area contributed by atoms with Gasteiger partial charge in [-0.1, -0.05) is 0 Å². The van der Waals surface area contributed by atoms with E-state index in [-0.39, 0.29) is 29.9 Å². The molecule has 2 saturated heterocycles. The highest BCUT2D eigenvalue weighted by Gasteiger charge is 2.26. The van der Waals surface area contributed by atoms with Crippen LogP contribution in [-0.2, 0) is 14.8 Å². The van der Waals surface area contributed by atoms with Crippen molar-refractivity contribution in [1.29, 1.82) is 0 Å². The number of halogens is 1. The molecule has 2 rings (SSSR count). The lowest BCUT2D eigenvalue weighted by Crippen LogP contribution is -2.46. The Bertz CT molecular complexity index is 613. The first-order chi connectivity index (χ1) is 12.8. The maximum atomic E-state index is 11.6. The number of sulfonamides is 1. The van der Waals surface area contributed by atoms with Crippen LogP contribution >= 0.6 is 24.0 Å². The minimum Gasteiger partial charge on any atom is -0.359 e. The highest BCUT2D eigenvalue weighted by atomic mass is 127. The van der Waals surface area contributed by atoms with Gasteiger partial charge in [-0.05, 0) is 44.4 Å². The Balaban J connectivity index is 0.00000392. The number of piperidine rings is 2. The highest BCUT2D eigenvalue weighted by molar-refractivity contribution is 14.0. The van der Waals surface area contributed by atoms with Crippen molar-refractivity contribution in [3.63, 3.8) is 0 Å². The van der Waals surface area contributed by atoms with Crippen molar-refractivity contribution >= 4 is 45.9 Å². The van der Waals surface area contributed by atoms with Crippen molar-refractivity contribution < 1.29 is 13.2 Å². The van der Waals surface area contributed by atoms with Gasteiger partial charge in [-0.25, -0.2) is 12.7 Å². The summed E-state index contributed by atoms with van der Waals surface area (Å²) in [7, 11) is -1.39. The van der Waals surface area contributed by atoms with Gasteiger partial charge in [-0.2, -0.15) is 0 Å². The monoisotopic (exact) mass is 529 g/mol. The summed E-state index contributed by atoms with van der Waals surface area (Å²) in [5, 5.41) is 6.09. The molecular weight excluding hydrogens is 493 g/mol. The smallest absolute Gasteiger partial charge is 0.220 e. The molecule has 0 atom stereocenters. The first-order valence-electron chi connectivity index (χ1n) is 10.0. The van der Waals surface area contributed by atoms with Gasteiger partial charge in [-0.15, -0.1) is 24.0 Å². The molecule has 2 aliphatic rings. The Morgan fingerprint density at radius 3 is 2.14 bits per heavy atom. The average Bonchev–Trinajstić information content (AvgIpc) is 2.65. The molecule has 164 valence electrons. The number of likely N-dealkylation sites (tertiary alicyclic amines) is 1. The summed E-state index contributed by atoms with van der Waals surface area (Å²) in [6.07, 6.45) is 5.63. The van der Waals surface area contributed by atoms with E-state index in [0.29, 0.717) is 31.3 Å². The lowest BCUT2D eigenvalue weighted by molar-refractivity contribution is -0.121. The van der Waals surface area contributed by atoms with E-state index in [9.17, 15) is 13.2 Å². The van der Waals surface area contributed by atoms with Crippen LogP contribution in [0.25, 0.3) is 0 Å². The first kappa shape index (κ1) is 25.4. The van der Waals surface area contributed by atoms with Gasteiger partial charge in [0.05, 0.1) is 6.26 Å². The predicted molar refractivity (Wildman–Crippen MR) is 124 cm³/mol. The molecule has 2 fully saturated rings. The lowest BCUT2D eigenvalue weighted by Gasteiger charge is -2.34. The molecule has 28 heavy (non-hydrogen) atoms. The van der Waals surface area contributed by atoms with Gasteiger partial charge in [-0.3, -0.25) is 9.79 Å². The van der Waals surface area contributed by atoms with E-state index in [1.165, 1.54) is 6.26 Å². The highest BCUT2D eigenvalue weighted by Crippen LogP contribution is 2.22. The molecule has 2 heterocycles. The van der Waals surface area contributed by atoms with Gasteiger partial charge in [0, 0.05) is 52.7 Å². The van der Waals surface area contributed by atoms with Crippen LogP contribution in [0.3, 0.4) is 0 Å². The standard InChI is InChI=1S/C18H35N5O3S.HI/c1-4-20-18(22-9-5-15(6-10-22)13-17(24)19-2)21-14-16-7-11-23(12-8-16)27(3,25)26;/h15-16H,4-14H2,1-3H3,(H,19,24)(H,20,21);1H. The van der Waals surface area contributed by atoms with Crippen LogP contribution in [-0.4, -0.2) is 82.1 Å². The Labute approximate surface area is 187 Å². The van der Waals surface area contributed by atoms with Gasteiger partial charge in [0.25, 0.3) is 0 Å². The fraction of sp³-hybridized carbons (Fsp3) is 0.889. The summed E-state index contributed by atoms with van der Waals surface area (Å²) >= 11 is 0. The average molecular weight is 529 g/mol. The SMILES string of the molecule is CCNC(=NCC1CCN(S(C)(=O)=O)CC1)N1CCC(CC(=O)NC)CC1.I. The van der Waals surface area contributed by atoms with Gasteiger partial charge in [0.2, 0.25) is 15.9 Å². The van der Waals surface area contributed by atoms with Crippen LogP contribution in [0.5, 0.6) is 0 Å². The Kier molecular flexibility index (Phi) is 11.0. The molecule has 0 bridgehead atoms. The third-order valence-corrected chi connectivity index (χ3v) is 6.85. The second kappa shape index (κ2) is 12.2. The fourth-order valence-corrected chi connectivity index (χ4v) is 4.65. The van der Waals surface area contributed by atoms with Crippen LogP contribution in [0.2, 0.25) is 0 Å². The van der Waals surface area contributed by atoms with Crippen LogP contribution < -0.4 is 10.6 Å². The molecule has 10 heteroatoms. The Morgan fingerprint density at radius 2 is 1.64 bits per heavy atom. The van der Waals surface area contributed by atoms with Crippen molar-refractivity contribution in [3.8, 4) is 0 Å². The van der Waals surface area contributed by atoms with Crippen molar-refractivity contribution in [2.24, 2.45) is 16.8 Å². The van der Waals surface area contributed by atoms with E-state index in [1.54, 1.807) is 11.4 Å². The number of hydrogen-bond donors (Lipinski definition) is 2. The summed E-state index contributed by atoms with van der Waals surface area (Å²) in [6, 6.07) is 0. The zero-order valence-corrected chi connectivity index (χ0v) is 20.5. The number of carbonyl (C=O) groups is 1. The van der Waals surface area contributed by atoms with E-state index in [0.717, 1.165) is 57.8 Å². The molecular formula is C18H36IN5O3S. The largest absolute Gasteiger partial charge is 0.359 e. The topological polar surface area (TPSA) is 94.1 Å². The van der Waals surface area contributed by atoms with Gasteiger partial charge < -0.3 is 15.5 Å². The van der Waals surface area contributed by atoms with Crippen molar-refractivity contribution in [2.75, 3.05) is 52.6 Å². The molecule has 1 amide bonds. The number of carbonyl (C=O) groups excluding carboxylic acids is 1. The maximum Gasteiger partial charge on any atom is 0.220 e. The Hall–Kier alpha value is -0.620. The van der Waals surface area contributed by atoms with Crippen LogP contribution in [0.1, 0.15) is 39.0 Å². The molecule has 0 aromatic carbocycles. The number of aliphatic imine (C=N–C) groups is 1. The predicted octanol–water partition coefficient (Wildman–Crippen LogP) is 1.09. The number of guanidine groups is 1. The molecule has 0 aromatic heterocycles. The molecule has 0 spiro atoms. The molecule has 8 nitrogen and oxygen atoms in total. The van der Waals surface area contributed by atoms with E-state index < -0.39 is 10.0 Å². The summed E-state index contributed by atoms with van der Waals surface area (Å²) in [4.78, 5) is 18.7. The van der Waals surface area contributed by atoms with Crippen LogP contribution in [0.4, 0.5) is 0 Å². The van der Waals surface area contributed by atoms with E-state index in [1.807, 2.05) is 0 Å². The van der Waals surface area contributed by atoms with Gasteiger partial charge in [0.15, 0.2) is 5.96 Å². The maximum absolute atomic E-state index is 11.6. The van der Waals surface area contributed by atoms with E-state index >= 15 is 0 Å². The molecule has 2 aliphatic heterocycles. The summed E-state index contributed by atoms with van der Waals surface area (Å²) in [5.74, 6) is 1.95. The first-order valence-corrected chi connectivity index (χ1v) is 11.9. The Morgan fingerprint density at radius 1 is 1.07 bits per heavy atom. The normalized spacial score (nSPS) is 20.5. The van der Waals surface area contributed by atoms with E-state index in [4.69, 9.17) is 4.99 Å². The van der Waals surface area contributed by atoms with E-state index in [2.05, 4.69) is 22.5 Å². The van der Waals surface area contributed by atoms with Crippen molar-refractivity contribution in [1.82, 2.24) is 19.8 Å². The zero-order valence-electron chi connectivity index (χ0n) is 17.3. The molecule has 2 N–H and O–H groups in total. The quantitative estimate of drug-likeness (QED) is 0.305. The van der Waals surface area contributed by atoms with Gasteiger partial charge >= 0.3 is 0 Å². The zero-order chi connectivity index (χ0) is 19.9. The number of amides is 1.